The Morgan fingerprint density at radius 3 is 2.96 bits per heavy atom. The highest BCUT2D eigenvalue weighted by atomic mass is 19.3. The molecule has 1 aliphatic heterocycles. The summed E-state index contributed by atoms with van der Waals surface area (Å²) >= 11 is 0. The van der Waals surface area contributed by atoms with Crippen molar-refractivity contribution in [1.82, 2.24) is 25.5 Å². The number of rotatable bonds is 3. The topological polar surface area (TPSA) is 84.0 Å². The van der Waals surface area contributed by atoms with Crippen molar-refractivity contribution in [2.45, 2.75) is 12.5 Å². The van der Waals surface area contributed by atoms with Gasteiger partial charge in [-0.15, -0.1) is 10.2 Å². The minimum Gasteiger partial charge on any atom is -0.377 e. The lowest BCUT2D eigenvalue weighted by atomic mass is 10.1. The molecule has 10 heteroatoms. The average Bonchev–Trinajstić information content (AvgIpc) is 3.08. The normalized spacial score (nSPS) is 18.4. The second-order valence-corrected chi connectivity index (χ2v) is 4.90. The number of morpholine rings is 1. The number of hydrogen-bond acceptors (Lipinski definition) is 5. The van der Waals surface area contributed by atoms with Crippen molar-refractivity contribution >= 4 is 5.91 Å². The van der Waals surface area contributed by atoms with Gasteiger partial charge in [-0.05, 0) is 18.2 Å². The number of nitrogens with one attached hydrogen (secondary N) is 1. The quantitative estimate of drug-likeness (QED) is 0.923. The second-order valence-electron chi connectivity index (χ2n) is 4.90. The number of halogens is 3. The van der Waals surface area contributed by atoms with Crippen LogP contribution in [0.4, 0.5) is 13.2 Å². The van der Waals surface area contributed by atoms with E-state index in [2.05, 4.69) is 20.6 Å². The average molecular weight is 327 g/mol. The van der Waals surface area contributed by atoms with E-state index in [1.54, 1.807) is 0 Å². The van der Waals surface area contributed by atoms with E-state index >= 15 is 0 Å². The molecule has 0 radical (unpaired) electrons. The molecule has 0 saturated carbocycles. The molecule has 2 heterocycles. The Morgan fingerprint density at radius 1 is 1.43 bits per heavy atom. The van der Waals surface area contributed by atoms with Crippen LogP contribution in [0.3, 0.4) is 0 Å². The van der Waals surface area contributed by atoms with Crippen molar-refractivity contribution in [3.8, 4) is 0 Å². The van der Waals surface area contributed by atoms with Crippen molar-refractivity contribution < 1.29 is 22.7 Å². The third-order valence-corrected chi connectivity index (χ3v) is 3.53. The summed E-state index contributed by atoms with van der Waals surface area (Å²) in [7, 11) is 0. The number of tetrazole rings is 1. The van der Waals surface area contributed by atoms with Crippen LogP contribution in [-0.4, -0.2) is 51.2 Å². The highest BCUT2D eigenvalue weighted by Crippen LogP contribution is 2.26. The van der Waals surface area contributed by atoms with Crippen LogP contribution in [0.5, 0.6) is 0 Å². The number of aromatic nitrogens is 4. The monoisotopic (exact) mass is 327 g/mol. The van der Waals surface area contributed by atoms with E-state index in [-0.39, 0.29) is 24.5 Å². The Kier molecular flexibility index (Phi) is 4.24. The van der Waals surface area contributed by atoms with Gasteiger partial charge in [0.2, 0.25) is 0 Å². The van der Waals surface area contributed by atoms with Crippen LogP contribution < -0.4 is 0 Å². The number of carbonyl (C=O) groups excluding carboxylic acids is 1. The first-order valence-electron chi connectivity index (χ1n) is 6.77. The molecule has 2 aromatic rings. The molecule has 0 bridgehead atoms. The maximum absolute atomic E-state index is 13.4. The van der Waals surface area contributed by atoms with Crippen LogP contribution in [0, 0.1) is 5.82 Å². The summed E-state index contributed by atoms with van der Waals surface area (Å²) in [6.45, 7) is 0.691. The molecule has 0 aliphatic carbocycles. The fourth-order valence-corrected chi connectivity index (χ4v) is 2.38. The first-order valence-corrected chi connectivity index (χ1v) is 6.77. The second kappa shape index (κ2) is 6.32. The molecule has 1 atom stereocenters. The van der Waals surface area contributed by atoms with Gasteiger partial charge < -0.3 is 9.64 Å². The predicted octanol–water partition coefficient (Wildman–Crippen LogP) is 1.49. The molecule has 1 fully saturated rings. The van der Waals surface area contributed by atoms with Gasteiger partial charge in [-0.25, -0.2) is 13.2 Å². The molecule has 1 N–H and O–H groups in total. The van der Waals surface area contributed by atoms with Crippen molar-refractivity contribution in [2.24, 2.45) is 0 Å². The predicted molar refractivity (Wildman–Crippen MR) is 70.1 cm³/mol. The van der Waals surface area contributed by atoms with Crippen LogP contribution in [-0.2, 0) is 4.74 Å². The highest BCUT2D eigenvalue weighted by molar-refractivity contribution is 5.94. The number of ether oxygens (including phenoxy) is 1. The van der Waals surface area contributed by atoms with Gasteiger partial charge in [0.1, 0.15) is 11.9 Å². The summed E-state index contributed by atoms with van der Waals surface area (Å²) in [5, 5.41) is 13.4. The number of hydrogen-bond donors (Lipinski definition) is 1. The van der Waals surface area contributed by atoms with E-state index in [9.17, 15) is 18.0 Å². The Hall–Kier alpha value is -2.49. The number of amides is 1. The van der Waals surface area contributed by atoms with Gasteiger partial charge in [-0.1, -0.05) is 5.21 Å². The molecule has 122 valence electrons. The Labute approximate surface area is 128 Å². The Balaban J connectivity index is 1.90. The SMILES string of the molecule is O=C(c1ccc(F)c(C(F)F)c1)N1CCOCC1c1nn[nH]n1. The molecule has 1 unspecified atom stereocenters. The molecule has 3 rings (SSSR count). The molecule has 1 saturated heterocycles. The first-order chi connectivity index (χ1) is 11.1. The third kappa shape index (κ3) is 3.02. The standard InChI is InChI=1S/C13H12F3N5O2/c14-9-2-1-7(5-8(9)11(15)16)13(22)21-3-4-23-6-10(21)12-17-19-20-18-12/h1-2,5,10-11H,3-4,6H2,(H,17,18,19,20). The van der Waals surface area contributed by atoms with E-state index in [4.69, 9.17) is 4.74 Å². The summed E-state index contributed by atoms with van der Waals surface area (Å²) in [5.74, 6) is -1.31. The summed E-state index contributed by atoms with van der Waals surface area (Å²) < 4.78 is 44.3. The van der Waals surface area contributed by atoms with Crippen LogP contribution in [0.25, 0.3) is 0 Å². The lowest BCUT2D eigenvalue weighted by Gasteiger charge is -2.33. The molecular weight excluding hydrogens is 315 g/mol. The lowest BCUT2D eigenvalue weighted by molar-refractivity contribution is -0.00523. The van der Waals surface area contributed by atoms with Gasteiger partial charge in [0.15, 0.2) is 5.82 Å². The third-order valence-electron chi connectivity index (χ3n) is 3.53. The number of benzene rings is 1. The van der Waals surface area contributed by atoms with E-state index in [0.29, 0.717) is 6.61 Å². The van der Waals surface area contributed by atoms with Gasteiger partial charge >= 0.3 is 0 Å². The maximum atomic E-state index is 13.4. The van der Waals surface area contributed by atoms with Crippen LogP contribution >= 0.6 is 0 Å². The lowest BCUT2D eigenvalue weighted by Crippen LogP contribution is -2.44. The van der Waals surface area contributed by atoms with Gasteiger partial charge in [-0.2, -0.15) is 5.21 Å². The van der Waals surface area contributed by atoms with Crippen LogP contribution in [0.15, 0.2) is 18.2 Å². The zero-order chi connectivity index (χ0) is 16.4. The molecule has 1 amide bonds. The van der Waals surface area contributed by atoms with E-state index in [1.807, 2.05) is 0 Å². The summed E-state index contributed by atoms with van der Waals surface area (Å²) in [4.78, 5) is 14.0. The Bertz CT molecular complexity index is 695. The number of aromatic amines is 1. The number of H-pyrrole nitrogens is 1. The Morgan fingerprint density at radius 2 is 2.26 bits per heavy atom. The molecule has 1 aliphatic rings. The van der Waals surface area contributed by atoms with E-state index in [0.717, 1.165) is 12.1 Å². The van der Waals surface area contributed by atoms with Gasteiger partial charge in [-0.3, -0.25) is 4.79 Å². The number of carbonyl (C=O) groups is 1. The fraction of sp³-hybridized carbons (Fsp3) is 0.385. The smallest absolute Gasteiger partial charge is 0.266 e. The number of alkyl halides is 2. The van der Waals surface area contributed by atoms with Crippen molar-refractivity contribution in [3.05, 3.63) is 41.0 Å². The largest absolute Gasteiger partial charge is 0.377 e. The van der Waals surface area contributed by atoms with E-state index in [1.165, 1.54) is 11.0 Å². The summed E-state index contributed by atoms with van der Waals surface area (Å²) in [6.07, 6.45) is -3.00. The summed E-state index contributed by atoms with van der Waals surface area (Å²) in [6, 6.07) is 2.31. The molecule has 0 spiro atoms. The molecule has 7 nitrogen and oxygen atoms in total. The highest BCUT2D eigenvalue weighted by Gasteiger charge is 2.32. The van der Waals surface area contributed by atoms with Gasteiger partial charge in [0.05, 0.1) is 18.8 Å². The minimum absolute atomic E-state index is 0.0305. The number of nitrogens with zero attached hydrogens (tertiary/aromatic N) is 4. The first kappa shape index (κ1) is 15.4. The molecule has 1 aromatic carbocycles. The van der Waals surface area contributed by atoms with Gasteiger partial charge in [0, 0.05) is 12.1 Å². The van der Waals surface area contributed by atoms with Crippen LogP contribution in [0.2, 0.25) is 0 Å². The maximum Gasteiger partial charge on any atom is 0.266 e. The van der Waals surface area contributed by atoms with Crippen molar-refractivity contribution in [2.75, 3.05) is 19.8 Å². The van der Waals surface area contributed by atoms with Gasteiger partial charge in [0.25, 0.3) is 12.3 Å². The summed E-state index contributed by atoms with van der Waals surface area (Å²) in [5.41, 5.74) is -0.836. The molecule has 23 heavy (non-hydrogen) atoms. The molecular formula is C13H12F3N5O2. The van der Waals surface area contributed by atoms with E-state index < -0.39 is 29.8 Å². The zero-order valence-electron chi connectivity index (χ0n) is 11.7. The van der Waals surface area contributed by atoms with Crippen molar-refractivity contribution in [3.63, 3.8) is 0 Å². The van der Waals surface area contributed by atoms with Crippen LogP contribution in [0.1, 0.15) is 34.2 Å². The van der Waals surface area contributed by atoms with Crippen molar-refractivity contribution in [1.29, 1.82) is 0 Å². The zero-order valence-corrected chi connectivity index (χ0v) is 11.7. The fourth-order valence-electron chi connectivity index (χ4n) is 2.38. The molecule has 1 aromatic heterocycles. The minimum atomic E-state index is -3.00.